The van der Waals surface area contributed by atoms with Crippen molar-refractivity contribution in [3.05, 3.63) is 27.2 Å². The first-order valence-electron chi connectivity index (χ1n) is 6.67. The maximum absolute atomic E-state index is 10.9. The molecule has 21 heavy (non-hydrogen) atoms. The van der Waals surface area contributed by atoms with Gasteiger partial charge in [0.1, 0.15) is 5.75 Å². The van der Waals surface area contributed by atoms with Crippen LogP contribution in [0.15, 0.2) is 6.07 Å². The molecule has 0 bridgehead atoms. The predicted octanol–water partition coefficient (Wildman–Crippen LogP) is 4.25. The van der Waals surface area contributed by atoms with Gasteiger partial charge < -0.3 is 14.7 Å². The molecule has 0 spiro atoms. The van der Waals surface area contributed by atoms with Crippen LogP contribution in [0.25, 0.3) is 0 Å². The van der Waals surface area contributed by atoms with E-state index in [0.29, 0.717) is 47.8 Å². The molecule has 1 heterocycles. The number of alkyl halides is 1. The summed E-state index contributed by atoms with van der Waals surface area (Å²) in [7, 11) is 0. The Bertz CT molecular complexity index is 545. The minimum atomic E-state index is -0.927. The summed E-state index contributed by atoms with van der Waals surface area (Å²) in [4.78, 5) is 12.2. The van der Waals surface area contributed by atoms with Crippen molar-refractivity contribution in [2.45, 2.75) is 19.3 Å². The monoisotopic (exact) mass is 351 g/mol. The number of rotatable bonds is 5. The average molecular weight is 353 g/mol. The number of carbonyl (C=O) groups is 1. The lowest BCUT2D eigenvalue weighted by Crippen LogP contribution is -2.48. The van der Waals surface area contributed by atoms with Crippen LogP contribution in [-0.2, 0) is 6.42 Å². The second-order valence-electron chi connectivity index (χ2n) is 4.83. The van der Waals surface area contributed by atoms with Crippen LogP contribution in [-0.4, -0.2) is 41.7 Å². The zero-order valence-corrected chi connectivity index (χ0v) is 13.8. The van der Waals surface area contributed by atoms with Gasteiger partial charge in [-0.05, 0) is 25.0 Å². The Hall–Kier alpha value is -0.840. The first-order valence-corrected chi connectivity index (χ1v) is 7.96. The van der Waals surface area contributed by atoms with Gasteiger partial charge >= 0.3 is 6.09 Å². The van der Waals surface area contributed by atoms with Crippen molar-refractivity contribution < 1.29 is 14.6 Å². The highest BCUT2D eigenvalue weighted by Gasteiger charge is 2.36. The SMILES string of the molecule is CCOc1c(CCCl)cc(Cl)c(Cl)c1C1CN(C(=O)O)C1. The van der Waals surface area contributed by atoms with Crippen molar-refractivity contribution in [3.63, 3.8) is 0 Å². The summed E-state index contributed by atoms with van der Waals surface area (Å²) in [5, 5.41) is 9.84. The van der Waals surface area contributed by atoms with Crippen molar-refractivity contribution in [2.75, 3.05) is 25.6 Å². The number of hydrogen-bond acceptors (Lipinski definition) is 2. The molecule has 0 saturated carbocycles. The molecule has 2 rings (SSSR count). The highest BCUT2D eigenvalue weighted by Crippen LogP contribution is 2.44. The number of ether oxygens (including phenoxy) is 1. The predicted molar refractivity (Wildman–Crippen MR) is 84.4 cm³/mol. The molecule has 1 fully saturated rings. The molecule has 0 unspecified atom stereocenters. The molecule has 1 saturated heterocycles. The van der Waals surface area contributed by atoms with E-state index in [1.807, 2.05) is 6.92 Å². The van der Waals surface area contributed by atoms with E-state index >= 15 is 0 Å². The Morgan fingerprint density at radius 2 is 2.14 bits per heavy atom. The van der Waals surface area contributed by atoms with Gasteiger partial charge in [-0.15, -0.1) is 11.6 Å². The van der Waals surface area contributed by atoms with Gasteiger partial charge in [-0.2, -0.15) is 0 Å². The second-order valence-corrected chi connectivity index (χ2v) is 5.99. The van der Waals surface area contributed by atoms with Crippen molar-refractivity contribution >= 4 is 40.9 Å². The van der Waals surface area contributed by atoms with Crippen molar-refractivity contribution in [3.8, 4) is 5.75 Å². The molecule has 1 aromatic carbocycles. The van der Waals surface area contributed by atoms with Crippen molar-refractivity contribution in [1.82, 2.24) is 4.90 Å². The van der Waals surface area contributed by atoms with Crippen LogP contribution in [0.5, 0.6) is 5.75 Å². The Balaban J connectivity index is 2.40. The summed E-state index contributed by atoms with van der Waals surface area (Å²) in [5.41, 5.74) is 1.70. The topological polar surface area (TPSA) is 49.8 Å². The van der Waals surface area contributed by atoms with Crippen molar-refractivity contribution in [1.29, 1.82) is 0 Å². The van der Waals surface area contributed by atoms with Crippen molar-refractivity contribution in [2.24, 2.45) is 0 Å². The van der Waals surface area contributed by atoms with E-state index in [1.54, 1.807) is 6.07 Å². The summed E-state index contributed by atoms with van der Waals surface area (Å²) in [6.45, 7) is 3.18. The highest BCUT2D eigenvalue weighted by atomic mass is 35.5. The second kappa shape index (κ2) is 6.95. The number of hydrogen-bond donors (Lipinski definition) is 1. The molecule has 4 nitrogen and oxygen atoms in total. The Morgan fingerprint density at radius 3 is 2.67 bits per heavy atom. The maximum Gasteiger partial charge on any atom is 0.407 e. The molecular weight excluding hydrogens is 337 g/mol. The van der Waals surface area contributed by atoms with Crippen LogP contribution in [0.1, 0.15) is 24.0 Å². The Morgan fingerprint density at radius 1 is 1.48 bits per heavy atom. The van der Waals surface area contributed by atoms with Crippen LogP contribution in [0, 0.1) is 0 Å². The standard InChI is InChI=1S/C14H16Cl3NO3/c1-2-21-13-8(3-4-15)5-10(16)12(17)11(13)9-6-18(7-9)14(19)20/h5,9H,2-4,6-7H2,1H3,(H,19,20). The van der Waals surface area contributed by atoms with Gasteiger partial charge in [-0.1, -0.05) is 23.2 Å². The fourth-order valence-electron chi connectivity index (χ4n) is 2.47. The molecule has 7 heteroatoms. The number of benzene rings is 1. The summed E-state index contributed by atoms with van der Waals surface area (Å²) in [6, 6.07) is 1.77. The molecule has 1 aromatic rings. The normalized spacial score (nSPS) is 15.0. The largest absolute Gasteiger partial charge is 0.493 e. The lowest BCUT2D eigenvalue weighted by atomic mass is 9.89. The minimum absolute atomic E-state index is 0.00271. The van der Waals surface area contributed by atoms with Gasteiger partial charge in [-0.3, -0.25) is 0 Å². The molecule has 1 aliphatic rings. The molecule has 0 atom stereocenters. The van der Waals surface area contributed by atoms with E-state index in [-0.39, 0.29) is 5.92 Å². The molecule has 1 amide bonds. The van der Waals surface area contributed by atoms with Gasteiger partial charge in [0.15, 0.2) is 0 Å². The third-order valence-corrected chi connectivity index (χ3v) is 4.49. The lowest BCUT2D eigenvalue weighted by Gasteiger charge is -2.38. The van der Waals surface area contributed by atoms with E-state index in [1.165, 1.54) is 4.90 Å². The number of halogens is 3. The summed E-state index contributed by atoms with van der Waals surface area (Å²) < 4.78 is 5.74. The van der Waals surface area contributed by atoms with E-state index in [9.17, 15) is 4.79 Å². The molecule has 0 radical (unpaired) electrons. The molecule has 0 aromatic heterocycles. The summed E-state index contributed by atoms with van der Waals surface area (Å²) in [6.07, 6.45) is -0.306. The zero-order valence-electron chi connectivity index (χ0n) is 11.5. The van der Waals surface area contributed by atoms with Gasteiger partial charge in [0.25, 0.3) is 0 Å². The highest BCUT2D eigenvalue weighted by molar-refractivity contribution is 6.42. The average Bonchev–Trinajstić information content (AvgIpc) is 2.37. The third-order valence-electron chi connectivity index (χ3n) is 3.50. The molecule has 116 valence electrons. The number of amides is 1. The van der Waals surface area contributed by atoms with Crippen LogP contribution in [0.2, 0.25) is 10.0 Å². The molecule has 1 N–H and O–H groups in total. The van der Waals surface area contributed by atoms with Gasteiger partial charge in [0.2, 0.25) is 0 Å². The molecule has 0 aliphatic carbocycles. The first kappa shape index (κ1) is 16.5. The summed E-state index contributed by atoms with van der Waals surface area (Å²) >= 11 is 18.3. The van der Waals surface area contributed by atoms with Gasteiger partial charge in [0, 0.05) is 30.5 Å². The molecular formula is C14H16Cl3NO3. The van der Waals surface area contributed by atoms with E-state index in [4.69, 9.17) is 44.6 Å². The van der Waals surface area contributed by atoms with Gasteiger partial charge in [0.05, 0.1) is 16.7 Å². The molecule has 1 aliphatic heterocycles. The van der Waals surface area contributed by atoms with E-state index in [0.717, 1.165) is 11.1 Å². The van der Waals surface area contributed by atoms with Crippen LogP contribution < -0.4 is 4.74 Å². The van der Waals surface area contributed by atoms with E-state index < -0.39 is 6.09 Å². The quantitative estimate of drug-likeness (QED) is 0.806. The van der Waals surface area contributed by atoms with E-state index in [2.05, 4.69) is 0 Å². The van der Waals surface area contributed by atoms with Crippen LogP contribution in [0.4, 0.5) is 4.79 Å². The zero-order chi connectivity index (χ0) is 15.6. The number of aryl methyl sites for hydroxylation is 1. The van der Waals surface area contributed by atoms with Gasteiger partial charge in [-0.25, -0.2) is 4.79 Å². The number of likely N-dealkylation sites (tertiary alicyclic amines) is 1. The third kappa shape index (κ3) is 3.33. The fraction of sp³-hybridized carbons (Fsp3) is 0.500. The summed E-state index contributed by atoms with van der Waals surface area (Å²) in [5.74, 6) is 1.15. The number of nitrogens with zero attached hydrogens (tertiary/aromatic N) is 1. The smallest absolute Gasteiger partial charge is 0.407 e. The lowest BCUT2D eigenvalue weighted by molar-refractivity contribution is 0.104. The van der Waals surface area contributed by atoms with Crippen LogP contribution in [0.3, 0.4) is 0 Å². The Kier molecular flexibility index (Phi) is 5.47. The number of carboxylic acid groups (broad SMARTS) is 1. The Labute approximate surface area is 138 Å². The minimum Gasteiger partial charge on any atom is -0.493 e. The van der Waals surface area contributed by atoms with Crippen LogP contribution >= 0.6 is 34.8 Å². The maximum atomic E-state index is 10.9. The fourth-order valence-corrected chi connectivity index (χ4v) is 3.20. The first-order chi connectivity index (χ1) is 9.99.